The molecule has 31 heavy (non-hydrogen) atoms. The van der Waals surface area contributed by atoms with Gasteiger partial charge in [-0.25, -0.2) is 4.98 Å². The molecule has 0 aromatic carbocycles. The lowest BCUT2D eigenvalue weighted by atomic mass is 9.97. The van der Waals surface area contributed by atoms with Gasteiger partial charge in [0.15, 0.2) is 5.16 Å². The number of carbonyl (C=O) groups excluding carboxylic acids is 1. The van der Waals surface area contributed by atoms with E-state index in [9.17, 15) is 14.9 Å². The van der Waals surface area contributed by atoms with E-state index in [2.05, 4.69) is 25.2 Å². The first kappa shape index (κ1) is 22.3. The van der Waals surface area contributed by atoms with Gasteiger partial charge in [0.1, 0.15) is 10.4 Å². The fourth-order valence-corrected chi connectivity index (χ4v) is 6.72. The number of nitrogens with one attached hydrogen (secondary N) is 1. The molecule has 6 nitrogen and oxygen atoms in total. The second-order valence-corrected chi connectivity index (χ2v) is 11.2. The summed E-state index contributed by atoms with van der Waals surface area (Å²) in [6, 6.07) is 2.30. The second-order valence-electron chi connectivity index (χ2n) is 9.16. The number of aromatic nitrogens is 2. The van der Waals surface area contributed by atoms with Gasteiger partial charge < -0.3 is 5.32 Å². The van der Waals surface area contributed by atoms with Crippen LogP contribution in [0.25, 0.3) is 10.2 Å². The van der Waals surface area contributed by atoms with Crippen molar-refractivity contribution in [3.63, 3.8) is 0 Å². The third kappa shape index (κ3) is 4.68. The molecule has 1 N–H and O–H groups in total. The van der Waals surface area contributed by atoms with Gasteiger partial charge in [-0.05, 0) is 69.3 Å². The average Bonchev–Trinajstić information content (AvgIpc) is 3.36. The zero-order valence-corrected chi connectivity index (χ0v) is 20.0. The normalized spacial score (nSPS) is 17.6. The maximum atomic E-state index is 13.5. The highest BCUT2D eigenvalue weighted by atomic mass is 32.2. The number of thioether (sulfide) groups is 1. The summed E-state index contributed by atoms with van der Waals surface area (Å²) in [5.74, 6) is 0.468. The Hall–Kier alpha value is -1.85. The van der Waals surface area contributed by atoms with Crippen LogP contribution in [0.1, 0.15) is 69.2 Å². The Kier molecular flexibility index (Phi) is 6.73. The topological polar surface area (TPSA) is 87.8 Å². The zero-order chi connectivity index (χ0) is 22.0. The molecule has 2 aromatic rings. The Morgan fingerprint density at radius 2 is 2.03 bits per heavy atom. The summed E-state index contributed by atoms with van der Waals surface area (Å²) in [5, 5.41) is 13.9. The quantitative estimate of drug-likeness (QED) is 0.490. The summed E-state index contributed by atoms with van der Waals surface area (Å²) in [5.41, 5.74) is 0.518. The van der Waals surface area contributed by atoms with Crippen molar-refractivity contribution in [1.29, 1.82) is 5.26 Å². The highest BCUT2D eigenvalue weighted by Crippen LogP contribution is 2.35. The van der Waals surface area contributed by atoms with Crippen molar-refractivity contribution >= 4 is 39.2 Å². The molecule has 0 unspecified atom stereocenters. The van der Waals surface area contributed by atoms with Gasteiger partial charge >= 0.3 is 0 Å². The Balaban J connectivity index is 1.61. The fourth-order valence-electron chi connectivity index (χ4n) is 4.59. The van der Waals surface area contributed by atoms with Gasteiger partial charge in [-0.1, -0.05) is 25.6 Å². The summed E-state index contributed by atoms with van der Waals surface area (Å²) in [7, 11) is 0. The van der Waals surface area contributed by atoms with Gasteiger partial charge in [0.05, 0.1) is 17.2 Å². The van der Waals surface area contributed by atoms with Crippen LogP contribution in [0.5, 0.6) is 0 Å². The van der Waals surface area contributed by atoms with Crippen molar-refractivity contribution in [3.05, 3.63) is 20.8 Å². The van der Waals surface area contributed by atoms with Crippen LogP contribution in [0.2, 0.25) is 0 Å². The monoisotopic (exact) mass is 458 g/mol. The number of aryl methyl sites for hydroxylation is 2. The smallest absolute Gasteiger partial charge is 0.263 e. The lowest BCUT2D eigenvalue weighted by Gasteiger charge is -2.22. The number of carbonyl (C=O) groups is 1. The molecule has 0 bridgehead atoms. The van der Waals surface area contributed by atoms with Crippen molar-refractivity contribution in [1.82, 2.24) is 14.9 Å². The second kappa shape index (κ2) is 9.33. The van der Waals surface area contributed by atoms with Crippen LogP contribution in [0, 0.1) is 17.2 Å². The summed E-state index contributed by atoms with van der Waals surface area (Å²) < 4.78 is 1.78. The molecule has 2 aliphatic carbocycles. The molecule has 0 atom stereocenters. The van der Waals surface area contributed by atoms with Gasteiger partial charge in [0, 0.05) is 11.4 Å². The van der Waals surface area contributed by atoms with E-state index >= 15 is 0 Å². The third-order valence-electron chi connectivity index (χ3n) is 6.35. The maximum absolute atomic E-state index is 13.5. The number of nitriles is 1. The Morgan fingerprint density at radius 3 is 2.74 bits per heavy atom. The molecule has 2 heterocycles. The molecule has 2 aliphatic rings. The van der Waals surface area contributed by atoms with Gasteiger partial charge in [-0.15, -0.1) is 11.3 Å². The predicted molar refractivity (Wildman–Crippen MR) is 126 cm³/mol. The number of hydrogen-bond acceptors (Lipinski definition) is 6. The van der Waals surface area contributed by atoms with E-state index in [4.69, 9.17) is 4.98 Å². The molecule has 0 radical (unpaired) electrons. The summed E-state index contributed by atoms with van der Waals surface area (Å²) in [4.78, 5) is 33.1. The fraction of sp³-hybridized carbons (Fsp3) is 0.652. The number of hydrogen-bond donors (Lipinski definition) is 1. The van der Waals surface area contributed by atoms with Crippen LogP contribution in [0.3, 0.4) is 0 Å². The van der Waals surface area contributed by atoms with E-state index in [0.29, 0.717) is 30.5 Å². The Bertz CT molecular complexity index is 1070. The summed E-state index contributed by atoms with van der Waals surface area (Å²) >= 11 is 2.95. The minimum absolute atomic E-state index is 0.0391. The molecule has 1 saturated carbocycles. The van der Waals surface area contributed by atoms with E-state index in [1.807, 2.05) is 0 Å². The largest absolute Gasteiger partial charge is 0.337 e. The molecule has 0 aliphatic heterocycles. The summed E-state index contributed by atoms with van der Waals surface area (Å²) in [6.07, 6.45) is 8.54. The Labute approximate surface area is 191 Å². The van der Waals surface area contributed by atoms with E-state index in [1.165, 1.54) is 28.6 Å². The van der Waals surface area contributed by atoms with Crippen molar-refractivity contribution in [2.24, 2.45) is 5.92 Å². The maximum Gasteiger partial charge on any atom is 0.263 e. The molecule has 1 amide bonds. The third-order valence-corrected chi connectivity index (χ3v) is 8.51. The zero-order valence-electron chi connectivity index (χ0n) is 18.3. The van der Waals surface area contributed by atoms with Gasteiger partial charge in [0.25, 0.3) is 5.56 Å². The van der Waals surface area contributed by atoms with Crippen LogP contribution in [0.4, 0.5) is 0 Å². The van der Waals surface area contributed by atoms with E-state index in [-0.39, 0.29) is 17.2 Å². The lowest BCUT2D eigenvalue weighted by molar-refractivity contribution is -0.119. The molecule has 4 rings (SSSR count). The molecule has 2 aromatic heterocycles. The first-order chi connectivity index (χ1) is 14.9. The van der Waals surface area contributed by atoms with Crippen molar-refractivity contribution in [2.75, 3.05) is 5.75 Å². The molecular formula is C23H30N4O2S2. The summed E-state index contributed by atoms with van der Waals surface area (Å²) in [6.45, 7) is 4.90. The van der Waals surface area contributed by atoms with Crippen LogP contribution >= 0.6 is 23.1 Å². The van der Waals surface area contributed by atoms with Crippen LogP contribution < -0.4 is 10.9 Å². The molecule has 166 valence electrons. The van der Waals surface area contributed by atoms with Crippen molar-refractivity contribution in [3.8, 4) is 6.07 Å². The number of fused-ring (bicyclic) bond motifs is 3. The van der Waals surface area contributed by atoms with Crippen LogP contribution in [0.15, 0.2) is 9.95 Å². The highest BCUT2D eigenvalue weighted by molar-refractivity contribution is 7.99. The van der Waals surface area contributed by atoms with Gasteiger partial charge in [0.2, 0.25) is 5.91 Å². The standard InChI is InChI=1S/C23H30N4O2S2/c1-15(2)9-12-27-21(29)19-16-7-3-4-8-17(16)31-20(19)25-22(27)30-13-18(28)26-23(14-24)10-5-6-11-23/h15H,3-13H2,1-2H3,(H,26,28). The lowest BCUT2D eigenvalue weighted by Crippen LogP contribution is -2.45. The number of thiophene rings is 1. The van der Waals surface area contributed by atoms with Gasteiger partial charge in [-0.3, -0.25) is 14.2 Å². The predicted octanol–water partition coefficient (Wildman–Crippen LogP) is 4.43. The van der Waals surface area contributed by atoms with Crippen molar-refractivity contribution in [2.45, 2.75) is 88.9 Å². The molecule has 1 fully saturated rings. The first-order valence-electron chi connectivity index (χ1n) is 11.3. The molecular weight excluding hydrogens is 428 g/mol. The minimum atomic E-state index is -0.723. The molecule has 0 spiro atoms. The molecule has 8 heteroatoms. The average molecular weight is 459 g/mol. The molecule has 0 saturated heterocycles. The number of nitrogens with zero attached hydrogens (tertiary/aromatic N) is 3. The van der Waals surface area contributed by atoms with E-state index in [1.54, 1.807) is 15.9 Å². The van der Waals surface area contributed by atoms with E-state index < -0.39 is 5.54 Å². The van der Waals surface area contributed by atoms with Crippen molar-refractivity contribution < 1.29 is 4.79 Å². The highest BCUT2D eigenvalue weighted by Gasteiger charge is 2.35. The Morgan fingerprint density at radius 1 is 1.29 bits per heavy atom. The number of amides is 1. The number of rotatable bonds is 7. The van der Waals surface area contributed by atoms with Gasteiger partial charge in [-0.2, -0.15) is 5.26 Å². The van der Waals surface area contributed by atoms with Crippen LogP contribution in [-0.2, 0) is 24.2 Å². The first-order valence-corrected chi connectivity index (χ1v) is 13.1. The minimum Gasteiger partial charge on any atom is -0.337 e. The van der Waals surface area contributed by atoms with E-state index in [0.717, 1.165) is 48.7 Å². The SMILES string of the molecule is CC(C)CCn1c(SCC(=O)NC2(C#N)CCCC2)nc2sc3c(c2c1=O)CCCC3. The van der Waals surface area contributed by atoms with Crippen LogP contribution in [-0.4, -0.2) is 26.8 Å².